The zero-order valence-electron chi connectivity index (χ0n) is 12.6. The molecule has 0 saturated heterocycles. The topological polar surface area (TPSA) is 54.2 Å². The molecule has 0 saturated carbocycles. The molecule has 4 heteroatoms. The van der Waals surface area contributed by atoms with Crippen LogP contribution in [0.3, 0.4) is 0 Å². The van der Waals surface area contributed by atoms with Gasteiger partial charge in [0.2, 0.25) is 0 Å². The third kappa shape index (κ3) is 2.36. The van der Waals surface area contributed by atoms with E-state index in [1.165, 1.54) is 0 Å². The van der Waals surface area contributed by atoms with Crippen molar-refractivity contribution in [3.8, 4) is 0 Å². The highest BCUT2D eigenvalue weighted by Gasteiger charge is 2.45. The fourth-order valence-electron chi connectivity index (χ4n) is 2.53. The zero-order chi connectivity index (χ0) is 15.6. The Morgan fingerprint density at radius 2 is 1.55 bits per heavy atom. The molecule has 1 heterocycles. The van der Waals surface area contributed by atoms with Crippen molar-refractivity contribution in [3.05, 3.63) is 71.8 Å². The van der Waals surface area contributed by atoms with Crippen LogP contribution in [0, 0.1) is 5.92 Å². The van der Waals surface area contributed by atoms with Crippen molar-refractivity contribution in [2.75, 3.05) is 0 Å². The highest BCUT2D eigenvalue weighted by molar-refractivity contribution is 6.16. The smallest absolute Gasteiger partial charge is 0.249 e. The standard InChI is InChI=1S/C18H18N2O2/c1-13(2)17-19-16(14-9-5-3-6-10-14)18(20-17,22-21)15-11-7-4-8-12-15/h3-13,21H,1-2H3. The molecule has 0 fully saturated rings. The molecule has 2 aromatic rings. The van der Waals surface area contributed by atoms with Gasteiger partial charge in [-0.15, -0.1) is 0 Å². The minimum absolute atomic E-state index is 0.138. The van der Waals surface area contributed by atoms with Crippen LogP contribution in [0.15, 0.2) is 70.6 Å². The van der Waals surface area contributed by atoms with Gasteiger partial charge in [0.25, 0.3) is 5.72 Å². The fraction of sp³-hybridized carbons (Fsp3) is 0.222. The van der Waals surface area contributed by atoms with Gasteiger partial charge in [-0.05, 0) is 0 Å². The maximum Gasteiger partial charge on any atom is 0.262 e. The first-order valence-electron chi connectivity index (χ1n) is 7.30. The first kappa shape index (κ1) is 14.6. The molecule has 0 aliphatic carbocycles. The van der Waals surface area contributed by atoms with Gasteiger partial charge in [0.1, 0.15) is 11.5 Å². The van der Waals surface area contributed by atoms with Crippen LogP contribution < -0.4 is 0 Å². The van der Waals surface area contributed by atoms with Gasteiger partial charge in [0.05, 0.1) is 0 Å². The minimum atomic E-state index is -1.30. The summed E-state index contributed by atoms with van der Waals surface area (Å²) in [5.41, 5.74) is 0.920. The first-order valence-corrected chi connectivity index (χ1v) is 7.30. The van der Waals surface area contributed by atoms with Gasteiger partial charge in [-0.25, -0.2) is 15.2 Å². The molecule has 1 aliphatic heterocycles. The molecule has 0 spiro atoms. The molecular formula is C18H18N2O2. The second-order valence-corrected chi connectivity index (χ2v) is 5.55. The van der Waals surface area contributed by atoms with E-state index in [9.17, 15) is 5.26 Å². The molecule has 1 unspecified atom stereocenters. The Hall–Kier alpha value is -2.30. The van der Waals surface area contributed by atoms with Crippen LogP contribution in [-0.2, 0) is 10.6 Å². The van der Waals surface area contributed by atoms with E-state index in [0.717, 1.165) is 11.1 Å². The Morgan fingerprint density at radius 1 is 0.955 bits per heavy atom. The lowest BCUT2D eigenvalue weighted by molar-refractivity contribution is -0.302. The summed E-state index contributed by atoms with van der Waals surface area (Å²) in [7, 11) is 0. The largest absolute Gasteiger partial charge is 0.262 e. The van der Waals surface area contributed by atoms with Crippen LogP contribution in [0.5, 0.6) is 0 Å². The van der Waals surface area contributed by atoms with Crippen molar-refractivity contribution in [1.82, 2.24) is 0 Å². The van der Waals surface area contributed by atoms with E-state index in [-0.39, 0.29) is 5.92 Å². The van der Waals surface area contributed by atoms with Gasteiger partial charge in [-0.3, -0.25) is 0 Å². The van der Waals surface area contributed by atoms with Crippen LogP contribution >= 0.6 is 0 Å². The van der Waals surface area contributed by atoms with Crippen molar-refractivity contribution in [1.29, 1.82) is 0 Å². The second kappa shape index (κ2) is 5.83. The molecule has 2 aromatic carbocycles. The zero-order valence-corrected chi connectivity index (χ0v) is 12.6. The lowest BCUT2D eigenvalue weighted by Gasteiger charge is -2.25. The molecule has 0 aromatic heterocycles. The Bertz CT molecular complexity index is 708. The molecule has 1 aliphatic rings. The molecule has 1 N–H and O–H groups in total. The molecule has 3 rings (SSSR count). The molecule has 0 amide bonds. The average molecular weight is 294 g/mol. The van der Waals surface area contributed by atoms with E-state index >= 15 is 0 Å². The van der Waals surface area contributed by atoms with Gasteiger partial charge in [0, 0.05) is 17.0 Å². The lowest BCUT2D eigenvalue weighted by Crippen LogP contribution is -2.34. The molecule has 112 valence electrons. The summed E-state index contributed by atoms with van der Waals surface area (Å²) >= 11 is 0. The van der Waals surface area contributed by atoms with E-state index in [0.29, 0.717) is 11.5 Å². The van der Waals surface area contributed by atoms with E-state index in [4.69, 9.17) is 4.89 Å². The second-order valence-electron chi connectivity index (χ2n) is 5.55. The quantitative estimate of drug-likeness (QED) is 0.687. The number of hydrogen-bond donors (Lipinski definition) is 1. The highest BCUT2D eigenvalue weighted by Crippen LogP contribution is 2.36. The summed E-state index contributed by atoms with van der Waals surface area (Å²) < 4.78 is 0. The van der Waals surface area contributed by atoms with Crippen molar-refractivity contribution in [2.45, 2.75) is 19.6 Å². The summed E-state index contributed by atoms with van der Waals surface area (Å²) in [5, 5.41) is 9.71. The maximum absolute atomic E-state index is 9.71. The molecule has 1 atom stereocenters. The Morgan fingerprint density at radius 3 is 2.09 bits per heavy atom. The van der Waals surface area contributed by atoms with E-state index < -0.39 is 5.72 Å². The molecule has 0 bridgehead atoms. The lowest BCUT2D eigenvalue weighted by atomic mass is 9.93. The fourth-order valence-corrected chi connectivity index (χ4v) is 2.53. The van der Waals surface area contributed by atoms with Crippen molar-refractivity contribution >= 4 is 11.5 Å². The first-order chi connectivity index (χ1) is 10.7. The van der Waals surface area contributed by atoms with Gasteiger partial charge in [0.15, 0.2) is 0 Å². The number of amidine groups is 1. The summed E-state index contributed by atoms with van der Waals surface area (Å²) in [6, 6.07) is 19.1. The SMILES string of the molecule is CC(C)C1=NC(OO)(c2ccccc2)C(c2ccccc2)=N1. The molecular weight excluding hydrogens is 276 g/mol. The van der Waals surface area contributed by atoms with E-state index in [1.807, 2.05) is 74.5 Å². The summed E-state index contributed by atoms with van der Waals surface area (Å²) in [4.78, 5) is 14.2. The van der Waals surface area contributed by atoms with Crippen molar-refractivity contribution < 1.29 is 10.1 Å². The highest BCUT2D eigenvalue weighted by atomic mass is 17.1. The number of aliphatic imine (C=N–C) groups is 2. The van der Waals surface area contributed by atoms with Crippen LogP contribution in [0.25, 0.3) is 0 Å². The maximum atomic E-state index is 9.71. The van der Waals surface area contributed by atoms with Gasteiger partial charge in [-0.2, -0.15) is 4.89 Å². The normalized spacial score (nSPS) is 20.9. The number of benzene rings is 2. The van der Waals surface area contributed by atoms with Crippen LogP contribution in [0.4, 0.5) is 0 Å². The van der Waals surface area contributed by atoms with Crippen LogP contribution in [0.2, 0.25) is 0 Å². The summed E-state index contributed by atoms with van der Waals surface area (Å²) in [6.07, 6.45) is 0. The van der Waals surface area contributed by atoms with Gasteiger partial charge in [-0.1, -0.05) is 74.5 Å². The van der Waals surface area contributed by atoms with Crippen LogP contribution in [0.1, 0.15) is 25.0 Å². The number of hydrogen-bond acceptors (Lipinski definition) is 4. The third-order valence-electron chi connectivity index (χ3n) is 3.68. The van der Waals surface area contributed by atoms with Gasteiger partial charge >= 0.3 is 0 Å². The minimum Gasteiger partial charge on any atom is -0.249 e. The molecule has 4 nitrogen and oxygen atoms in total. The molecule has 0 radical (unpaired) electrons. The summed E-state index contributed by atoms with van der Waals surface area (Å²) in [5.74, 6) is 0.802. The van der Waals surface area contributed by atoms with Crippen LogP contribution in [-0.4, -0.2) is 16.8 Å². The summed E-state index contributed by atoms with van der Waals surface area (Å²) in [6.45, 7) is 4.03. The Kier molecular flexibility index (Phi) is 3.88. The Labute approximate surface area is 129 Å². The van der Waals surface area contributed by atoms with E-state index in [1.54, 1.807) is 0 Å². The predicted molar refractivity (Wildman–Crippen MR) is 87.1 cm³/mol. The third-order valence-corrected chi connectivity index (χ3v) is 3.68. The van der Waals surface area contributed by atoms with Gasteiger partial charge < -0.3 is 0 Å². The van der Waals surface area contributed by atoms with Crippen molar-refractivity contribution in [3.63, 3.8) is 0 Å². The average Bonchev–Trinajstić information content (AvgIpc) is 2.98. The molecule has 22 heavy (non-hydrogen) atoms. The number of rotatable bonds is 4. The van der Waals surface area contributed by atoms with Crippen molar-refractivity contribution in [2.24, 2.45) is 15.9 Å². The van der Waals surface area contributed by atoms with E-state index in [2.05, 4.69) is 9.98 Å². The predicted octanol–water partition coefficient (Wildman–Crippen LogP) is 3.89. The number of nitrogens with zero attached hydrogens (tertiary/aromatic N) is 2. The Balaban J connectivity index is 2.20. The monoisotopic (exact) mass is 294 g/mol.